The van der Waals surface area contributed by atoms with E-state index in [0.717, 1.165) is 13.1 Å². The van der Waals surface area contributed by atoms with Gasteiger partial charge in [-0.3, -0.25) is 0 Å². The molecule has 0 bridgehead atoms. The van der Waals surface area contributed by atoms with Crippen molar-refractivity contribution in [1.82, 2.24) is 19.4 Å². The van der Waals surface area contributed by atoms with Crippen molar-refractivity contribution in [2.45, 2.75) is 45.2 Å². The molecule has 20 heavy (non-hydrogen) atoms. The maximum absolute atomic E-state index is 4.20. The maximum Gasteiger partial charge on any atom is 0.0946 e. The Morgan fingerprint density at radius 1 is 1.35 bits per heavy atom. The van der Waals surface area contributed by atoms with E-state index in [-0.39, 0.29) is 0 Å². The minimum absolute atomic E-state index is 0.533. The summed E-state index contributed by atoms with van der Waals surface area (Å²) in [5.41, 5.74) is 4.28. The molecule has 0 amide bonds. The van der Waals surface area contributed by atoms with Gasteiger partial charge in [0.2, 0.25) is 0 Å². The monoisotopic (exact) mass is 272 g/mol. The lowest BCUT2D eigenvalue weighted by Gasteiger charge is -2.15. The Kier molecular flexibility index (Phi) is 3.92. The molecule has 2 heterocycles. The van der Waals surface area contributed by atoms with Crippen LogP contribution in [0.1, 0.15) is 49.0 Å². The van der Waals surface area contributed by atoms with Gasteiger partial charge in [0.15, 0.2) is 0 Å². The molecule has 4 nitrogen and oxygen atoms in total. The maximum atomic E-state index is 4.20. The molecule has 4 heteroatoms. The fourth-order valence-corrected chi connectivity index (χ4v) is 3.19. The van der Waals surface area contributed by atoms with Crippen molar-refractivity contribution in [3.63, 3.8) is 0 Å². The fraction of sp³-hybridized carbons (Fsp3) is 0.562. The van der Waals surface area contributed by atoms with Crippen molar-refractivity contribution in [3.8, 4) is 0 Å². The molecule has 0 radical (unpaired) electrons. The van der Waals surface area contributed by atoms with E-state index in [4.69, 9.17) is 0 Å². The molecule has 0 aromatic carbocycles. The molecule has 1 unspecified atom stereocenters. The average molecular weight is 272 g/mol. The SMILES string of the molecule is CCNC1CCCCc2cn(Cc3cncn3C)cc21. The summed E-state index contributed by atoms with van der Waals surface area (Å²) in [4.78, 5) is 4.20. The van der Waals surface area contributed by atoms with Crippen LogP contribution in [0.5, 0.6) is 0 Å². The van der Waals surface area contributed by atoms with Crippen molar-refractivity contribution in [3.05, 3.63) is 41.7 Å². The zero-order valence-electron chi connectivity index (χ0n) is 12.5. The number of aryl methyl sites for hydroxylation is 2. The van der Waals surface area contributed by atoms with E-state index in [0.29, 0.717) is 6.04 Å². The summed E-state index contributed by atoms with van der Waals surface area (Å²) in [6.07, 6.45) is 13.6. The number of aromatic nitrogens is 3. The van der Waals surface area contributed by atoms with Gasteiger partial charge in [-0.25, -0.2) is 4.98 Å². The molecular formula is C16H24N4. The second-order valence-electron chi connectivity index (χ2n) is 5.76. The van der Waals surface area contributed by atoms with Crippen LogP contribution in [-0.2, 0) is 20.0 Å². The first kappa shape index (κ1) is 13.4. The third-order valence-corrected chi connectivity index (χ3v) is 4.27. The number of hydrogen-bond donors (Lipinski definition) is 1. The first-order valence-corrected chi connectivity index (χ1v) is 7.65. The van der Waals surface area contributed by atoms with Crippen LogP contribution < -0.4 is 5.32 Å². The van der Waals surface area contributed by atoms with Crippen LogP contribution in [0, 0.1) is 0 Å². The van der Waals surface area contributed by atoms with Crippen molar-refractivity contribution in [2.24, 2.45) is 7.05 Å². The van der Waals surface area contributed by atoms with Gasteiger partial charge in [0.05, 0.1) is 18.6 Å². The molecular weight excluding hydrogens is 248 g/mol. The topological polar surface area (TPSA) is 34.8 Å². The highest BCUT2D eigenvalue weighted by Crippen LogP contribution is 2.29. The van der Waals surface area contributed by atoms with E-state index in [1.165, 1.54) is 42.5 Å². The summed E-state index contributed by atoms with van der Waals surface area (Å²) in [5.74, 6) is 0. The highest BCUT2D eigenvalue weighted by atomic mass is 15.1. The second-order valence-corrected chi connectivity index (χ2v) is 5.76. The molecule has 108 valence electrons. The van der Waals surface area contributed by atoms with Crippen molar-refractivity contribution in [2.75, 3.05) is 6.54 Å². The van der Waals surface area contributed by atoms with Crippen LogP contribution in [0.2, 0.25) is 0 Å². The lowest BCUT2D eigenvalue weighted by atomic mass is 10.0. The fourth-order valence-electron chi connectivity index (χ4n) is 3.19. The molecule has 1 aliphatic carbocycles. The zero-order chi connectivity index (χ0) is 13.9. The summed E-state index contributed by atoms with van der Waals surface area (Å²) in [6, 6.07) is 0.533. The number of hydrogen-bond acceptors (Lipinski definition) is 2. The molecule has 0 saturated heterocycles. The van der Waals surface area contributed by atoms with Crippen molar-refractivity contribution >= 4 is 0 Å². The molecule has 0 saturated carbocycles. The lowest BCUT2D eigenvalue weighted by molar-refractivity contribution is 0.502. The summed E-state index contributed by atoms with van der Waals surface area (Å²) >= 11 is 0. The van der Waals surface area contributed by atoms with Gasteiger partial charge in [-0.05, 0) is 36.9 Å². The molecule has 2 aromatic rings. The Hall–Kier alpha value is -1.55. The van der Waals surface area contributed by atoms with Gasteiger partial charge < -0.3 is 14.5 Å². The average Bonchev–Trinajstić information content (AvgIpc) is 2.97. The van der Waals surface area contributed by atoms with E-state index in [9.17, 15) is 0 Å². The summed E-state index contributed by atoms with van der Waals surface area (Å²) in [5, 5.41) is 3.63. The van der Waals surface area contributed by atoms with E-state index < -0.39 is 0 Å². The highest BCUT2D eigenvalue weighted by Gasteiger charge is 2.19. The minimum atomic E-state index is 0.533. The van der Waals surface area contributed by atoms with Crippen LogP contribution in [0.25, 0.3) is 0 Å². The second kappa shape index (κ2) is 5.83. The normalized spacial score (nSPS) is 18.8. The molecule has 0 aliphatic heterocycles. The predicted octanol–water partition coefficient (Wildman–Crippen LogP) is 2.65. The van der Waals surface area contributed by atoms with Gasteiger partial charge >= 0.3 is 0 Å². The van der Waals surface area contributed by atoms with Gasteiger partial charge in [0.25, 0.3) is 0 Å². The molecule has 2 aromatic heterocycles. The molecule has 3 rings (SSSR count). The Labute approximate surface area is 120 Å². The van der Waals surface area contributed by atoms with Crippen LogP contribution >= 0.6 is 0 Å². The van der Waals surface area contributed by atoms with E-state index in [2.05, 4.69) is 45.8 Å². The molecule has 0 fully saturated rings. The largest absolute Gasteiger partial charge is 0.348 e. The molecule has 1 aliphatic rings. The standard InChI is InChI=1S/C16H24N4/c1-3-18-16-7-5-4-6-13-9-20(11-15(13)16)10-14-8-17-12-19(14)2/h8-9,11-12,16,18H,3-7,10H2,1-2H3. The summed E-state index contributed by atoms with van der Waals surface area (Å²) in [6.45, 7) is 4.14. The molecule has 1 atom stereocenters. The lowest BCUT2D eigenvalue weighted by Crippen LogP contribution is -2.20. The Morgan fingerprint density at radius 3 is 3.00 bits per heavy atom. The first-order chi connectivity index (χ1) is 9.78. The van der Waals surface area contributed by atoms with Gasteiger partial charge in [-0.1, -0.05) is 13.3 Å². The highest BCUT2D eigenvalue weighted by molar-refractivity contribution is 5.29. The minimum Gasteiger partial charge on any atom is -0.348 e. The van der Waals surface area contributed by atoms with E-state index in [1.54, 1.807) is 0 Å². The van der Waals surface area contributed by atoms with Crippen LogP contribution in [0.15, 0.2) is 24.9 Å². The number of rotatable bonds is 4. The summed E-state index contributed by atoms with van der Waals surface area (Å²) in [7, 11) is 2.05. The third kappa shape index (κ3) is 2.66. The zero-order valence-corrected chi connectivity index (χ0v) is 12.5. The van der Waals surface area contributed by atoms with E-state index in [1.807, 2.05) is 12.5 Å². The Bertz CT molecular complexity index is 567. The van der Waals surface area contributed by atoms with Crippen LogP contribution in [0.4, 0.5) is 0 Å². The van der Waals surface area contributed by atoms with Gasteiger partial charge in [0.1, 0.15) is 0 Å². The third-order valence-electron chi connectivity index (χ3n) is 4.27. The smallest absolute Gasteiger partial charge is 0.0946 e. The van der Waals surface area contributed by atoms with Crippen molar-refractivity contribution < 1.29 is 0 Å². The first-order valence-electron chi connectivity index (χ1n) is 7.65. The van der Waals surface area contributed by atoms with Crippen LogP contribution in [-0.4, -0.2) is 20.7 Å². The predicted molar refractivity (Wildman–Crippen MR) is 80.7 cm³/mol. The number of nitrogens with zero attached hydrogens (tertiary/aromatic N) is 3. The van der Waals surface area contributed by atoms with Crippen LogP contribution in [0.3, 0.4) is 0 Å². The quantitative estimate of drug-likeness (QED) is 0.868. The van der Waals surface area contributed by atoms with Gasteiger partial charge in [-0.2, -0.15) is 0 Å². The number of fused-ring (bicyclic) bond motifs is 1. The van der Waals surface area contributed by atoms with Gasteiger partial charge in [-0.15, -0.1) is 0 Å². The molecule has 1 N–H and O–H groups in total. The number of imidazole rings is 1. The Balaban J connectivity index is 1.85. The van der Waals surface area contributed by atoms with E-state index >= 15 is 0 Å². The Morgan fingerprint density at radius 2 is 2.25 bits per heavy atom. The number of nitrogens with one attached hydrogen (secondary N) is 1. The van der Waals surface area contributed by atoms with Gasteiger partial charge in [0, 0.05) is 31.7 Å². The van der Waals surface area contributed by atoms with Crippen molar-refractivity contribution in [1.29, 1.82) is 0 Å². The molecule has 0 spiro atoms. The summed E-state index contributed by atoms with van der Waals surface area (Å²) < 4.78 is 4.41.